The number of hydrogen-bond donors (Lipinski definition) is 1. The van der Waals surface area contributed by atoms with E-state index in [4.69, 9.17) is 4.74 Å². The van der Waals surface area contributed by atoms with Gasteiger partial charge in [-0.3, -0.25) is 4.79 Å². The highest BCUT2D eigenvalue weighted by Gasteiger charge is 2.23. The van der Waals surface area contributed by atoms with Gasteiger partial charge in [-0.1, -0.05) is 15.9 Å². The Morgan fingerprint density at radius 3 is 2.68 bits per heavy atom. The largest absolute Gasteiger partial charge is 0.444 e. The van der Waals surface area contributed by atoms with E-state index in [1.54, 1.807) is 4.57 Å². The normalized spacial score (nSPS) is 16.3. The molecule has 1 fully saturated rings. The second-order valence-electron chi connectivity index (χ2n) is 8.14. The van der Waals surface area contributed by atoms with Gasteiger partial charge in [0.15, 0.2) is 0 Å². The molecule has 8 heteroatoms. The zero-order valence-corrected chi connectivity index (χ0v) is 18.2. The zero-order chi connectivity index (χ0) is 20.3. The van der Waals surface area contributed by atoms with Crippen LogP contribution in [0.25, 0.3) is 11.0 Å². The molecule has 0 unspecified atom stereocenters. The van der Waals surface area contributed by atoms with Crippen molar-refractivity contribution in [3.63, 3.8) is 0 Å². The van der Waals surface area contributed by atoms with E-state index < -0.39 is 5.60 Å². The van der Waals surface area contributed by atoms with Gasteiger partial charge in [0.2, 0.25) is 0 Å². The van der Waals surface area contributed by atoms with Crippen molar-refractivity contribution in [1.82, 2.24) is 19.8 Å². The van der Waals surface area contributed by atoms with Gasteiger partial charge in [0.05, 0.1) is 17.2 Å². The highest BCUT2D eigenvalue weighted by atomic mass is 79.9. The molecule has 1 amide bonds. The Bertz CT molecular complexity index is 898. The van der Waals surface area contributed by atoms with Crippen LogP contribution in [0.4, 0.5) is 4.79 Å². The molecule has 28 heavy (non-hydrogen) atoms. The average Bonchev–Trinajstić information content (AvgIpc) is 2.60. The monoisotopic (exact) mass is 450 g/mol. The fourth-order valence-corrected chi connectivity index (χ4v) is 3.73. The average molecular weight is 451 g/mol. The number of likely N-dealkylation sites (tertiary alicyclic amines) is 1. The summed E-state index contributed by atoms with van der Waals surface area (Å²) in [6, 6.07) is 5.89. The topological polar surface area (TPSA) is 76.5 Å². The van der Waals surface area contributed by atoms with Gasteiger partial charge in [0.1, 0.15) is 5.60 Å². The Balaban J connectivity index is 1.54. The van der Waals surface area contributed by atoms with Crippen LogP contribution in [-0.2, 0) is 11.3 Å². The van der Waals surface area contributed by atoms with E-state index >= 15 is 0 Å². The molecule has 1 N–H and O–H groups in total. The van der Waals surface area contributed by atoms with E-state index in [-0.39, 0.29) is 17.7 Å². The van der Waals surface area contributed by atoms with Gasteiger partial charge in [-0.2, -0.15) is 0 Å². The van der Waals surface area contributed by atoms with E-state index in [0.717, 1.165) is 48.0 Å². The van der Waals surface area contributed by atoms with Gasteiger partial charge in [-0.25, -0.2) is 9.78 Å². The summed E-state index contributed by atoms with van der Waals surface area (Å²) >= 11 is 3.46. The number of ether oxygens (including phenoxy) is 1. The van der Waals surface area contributed by atoms with Crippen molar-refractivity contribution in [1.29, 1.82) is 0 Å². The van der Waals surface area contributed by atoms with Gasteiger partial charge in [-0.05, 0) is 51.8 Å². The van der Waals surface area contributed by atoms with Gasteiger partial charge >= 0.3 is 6.09 Å². The SMILES string of the molecule is CC(C)(C)OC(=O)NC1CCN(CCn2c(=O)cnc3ccc(Br)cc32)CC1. The van der Waals surface area contributed by atoms with Crippen molar-refractivity contribution in [2.24, 2.45) is 0 Å². The molecule has 0 bridgehead atoms. The molecule has 1 aromatic heterocycles. The van der Waals surface area contributed by atoms with Crippen molar-refractivity contribution >= 4 is 33.1 Å². The van der Waals surface area contributed by atoms with E-state index in [1.807, 2.05) is 39.0 Å². The molecule has 0 spiro atoms. The number of halogens is 1. The Morgan fingerprint density at radius 1 is 1.29 bits per heavy atom. The van der Waals surface area contributed by atoms with Crippen LogP contribution in [0, 0.1) is 0 Å². The summed E-state index contributed by atoms with van der Waals surface area (Å²) in [4.78, 5) is 30.8. The van der Waals surface area contributed by atoms with E-state index in [2.05, 4.69) is 31.1 Å². The minimum absolute atomic E-state index is 0.0907. The number of fused-ring (bicyclic) bond motifs is 1. The quantitative estimate of drug-likeness (QED) is 0.773. The number of nitrogens with zero attached hydrogens (tertiary/aromatic N) is 3. The molecule has 152 valence electrons. The van der Waals surface area contributed by atoms with Crippen molar-refractivity contribution < 1.29 is 9.53 Å². The lowest BCUT2D eigenvalue weighted by Gasteiger charge is -2.33. The molecular weight excluding hydrogens is 424 g/mol. The maximum absolute atomic E-state index is 12.3. The second-order valence-corrected chi connectivity index (χ2v) is 9.06. The van der Waals surface area contributed by atoms with Crippen LogP contribution in [0.5, 0.6) is 0 Å². The summed E-state index contributed by atoms with van der Waals surface area (Å²) < 4.78 is 8.03. The first-order chi connectivity index (χ1) is 13.2. The highest BCUT2D eigenvalue weighted by Crippen LogP contribution is 2.17. The molecule has 2 heterocycles. The Kier molecular flexibility index (Phi) is 6.40. The van der Waals surface area contributed by atoms with Gasteiger partial charge in [0.25, 0.3) is 5.56 Å². The fourth-order valence-electron chi connectivity index (χ4n) is 3.38. The number of hydrogen-bond acceptors (Lipinski definition) is 5. The third kappa shape index (κ3) is 5.54. The van der Waals surface area contributed by atoms with Crippen LogP contribution in [0.1, 0.15) is 33.6 Å². The van der Waals surface area contributed by atoms with Crippen molar-refractivity contribution in [2.45, 2.75) is 51.8 Å². The van der Waals surface area contributed by atoms with E-state index in [0.29, 0.717) is 6.54 Å². The van der Waals surface area contributed by atoms with Crippen LogP contribution in [0.3, 0.4) is 0 Å². The predicted molar refractivity (Wildman–Crippen MR) is 113 cm³/mol. The number of aromatic nitrogens is 2. The molecule has 7 nitrogen and oxygen atoms in total. The number of nitrogens with one attached hydrogen (secondary N) is 1. The van der Waals surface area contributed by atoms with E-state index in [9.17, 15) is 9.59 Å². The maximum Gasteiger partial charge on any atom is 0.407 e. The summed E-state index contributed by atoms with van der Waals surface area (Å²) in [7, 11) is 0. The van der Waals surface area contributed by atoms with Crippen LogP contribution in [-0.4, -0.2) is 51.8 Å². The molecule has 0 saturated carbocycles. The Labute approximate surface area is 173 Å². The molecule has 3 rings (SSSR count). The minimum Gasteiger partial charge on any atom is -0.444 e. The summed E-state index contributed by atoms with van der Waals surface area (Å²) in [5.74, 6) is 0. The highest BCUT2D eigenvalue weighted by molar-refractivity contribution is 9.10. The lowest BCUT2D eigenvalue weighted by Crippen LogP contribution is -2.46. The summed E-state index contributed by atoms with van der Waals surface area (Å²) in [6.07, 6.45) is 2.77. The standard InChI is InChI=1S/C20H27BrN4O3/c1-20(2,3)28-19(27)23-15-6-8-24(9-7-15)10-11-25-17-12-14(21)4-5-16(17)22-13-18(25)26/h4-5,12-13,15H,6-11H2,1-3H3,(H,23,27). The Morgan fingerprint density at radius 2 is 2.00 bits per heavy atom. The van der Waals surface area contributed by atoms with Crippen LogP contribution in [0.15, 0.2) is 33.7 Å². The third-order valence-corrected chi connectivity index (χ3v) is 5.25. The lowest BCUT2D eigenvalue weighted by atomic mass is 10.1. The van der Waals surface area contributed by atoms with Crippen molar-refractivity contribution in [3.8, 4) is 0 Å². The first-order valence-corrected chi connectivity index (χ1v) is 10.4. The number of rotatable bonds is 4. The molecule has 2 aromatic rings. The number of alkyl carbamates (subject to hydrolysis) is 1. The first kappa shape index (κ1) is 20.8. The number of piperidine rings is 1. The molecule has 0 radical (unpaired) electrons. The molecule has 1 saturated heterocycles. The second kappa shape index (κ2) is 8.61. The Hall–Kier alpha value is -1.93. The summed E-state index contributed by atoms with van der Waals surface area (Å²) in [5.41, 5.74) is 1.07. The van der Waals surface area contributed by atoms with Crippen molar-refractivity contribution in [2.75, 3.05) is 19.6 Å². The molecule has 1 aliphatic heterocycles. The van der Waals surface area contributed by atoms with Gasteiger partial charge in [-0.15, -0.1) is 0 Å². The molecule has 1 aliphatic rings. The lowest BCUT2D eigenvalue weighted by molar-refractivity contribution is 0.0478. The fraction of sp³-hybridized carbons (Fsp3) is 0.550. The van der Waals surface area contributed by atoms with Crippen LogP contribution < -0.4 is 10.9 Å². The maximum atomic E-state index is 12.3. The van der Waals surface area contributed by atoms with Gasteiger partial charge < -0.3 is 19.5 Å². The third-order valence-electron chi connectivity index (χ3n) is 4.76. The smallest absolute Gasteiger partial charge is 0.407 e. The molecule has 0 aliphatic carbocycles. The molecule has 1 aromatic carbocycles. The molecule has 0 atom stereocenters. The van der Waals surface area contributed by atoms with E-state index in [1.165, 1.54) is 6.20 Å². The zero-order valence-electron chi connectivity index (χ0n) is 16.6. The first-order valence-electron chi connectivity index (χ1n) is 9.58. The minimum atomic E-state index is -0.486. The van der Waals surface area contributed by atoms with Crippen LogP contribution in [0.2, 0.25) is 0 Å². The predicted octanol–water partition coefficient (Wildman–Crippen LogP) is 3.15. The summed E-state index contributed by atoms with van der Waals surface area (Å²) in [5, 5.41) is 2.95. The van der Waals surface area contributed by atoms with Crippen LogP contribution >= 0.6 is 15.9 Å². The number of amides is 1. The number of carbonyl (C=O) groups excluding carboxylic acids is 1. The number of benzene rings is 1. The number of carbonyl (C=O) groups is 1. The molecular formula is C20H27BrN4O3. The van der Waals surface area contributed by atoms with Gasteiger partial charge in [0, 0.05) is 36.7 Å². The van der Waals surface area contributed by atoms with Crippen molar-refractivity contribution in [3.05, 3.63) is 39.2 Å². The summed E-state index contributed by atoms with van der Waals surface area (Å²) in [6.45, 7) is 8.72.